The van der Waals surface area contributed by atoms with Gasteiger partial charge in [-0.1, -0.05) is 12.1 Å². The van der Waals surface area contributed by atoms with Crippen molar-refractivity contribution < 1.29 is 4.74 Å². The summed E-state index contributed by atoms with van der Waals surface area (Å²) in [5.74, 6) is 1.96. The van der Waals surface area contributed by atoms with Gasteiger partial charge in [-0.15, -0.1) is 0 Å². The Morgan fingerprint density at radius 3 is 2.80 bits per heavy atom. The van der Waals surface area contributed by atoms with Crippen molar-refractivity contribution in [2.45, 2.75) is 75.6 Å². The minimum absolute atomic E-state index is 0.175. The molecule has 5 rings (SSSR count). The van der Waals surface area contributed by atoms with Gasteiger partial charge in [0.25, 0.3) is 0 Å². The topological polar surface area (TPSA) is 15.7 Å². The Morgan fingerprint density at radius 1 is 1.24 bits per heavy atom. The number of piperidine rings is 1. The number of hydrogen-bond acceptors (Lipinski definition) is 3. The number of hydrogen-bond donors (Lipinski definition) is 0. The number of ether oxygens (including phenoxy) is 1. The maximum Gasteiger partial charge on any atom is 0.124 e. The molecule has 0 aromatic heterocycles. The van der Waals surface area contributed by atoms with E-state index in [1.807, 2.05) is 0 Å². The molecular weight excluding hydrogens is 308 g/mol. The van der Waals surface area contributed by atoms with Crippen LogP contribution in [-0.4, -0.2) is 54.2 Å². The van der Waals surface area contributed by atoms with Crippen LogP contribution in [0.5, 0.6) is 5.75 Å². The van der Waals surface area contributed by atoms with E-state index in [1.165, 1.54) is 38.0 Å². The van der Waals surface area contributed by atoms with Crippen molar-refractivity contribution in [2.75, 3.05) is 20.6 Å². The summed E-state index contributed by atoms with van der Waals surface area (Å²) in [6.07, 6.45) is 5.39. The summed E-state index contributed by atoms with van der Waals surface area (Å²) < 4.78 is 6.78. The fraction of sp³-hybridized carbons (Fsp3) is 0.727. The van der Waals surface area contributed by atoms with Gasteiger partial charge in [-0.3, -0.25) is 4.90 Å². The van der Waals surface area contributed by atoms with Crippen molar-refractivity contribution >= 4 is 0 Å². The third-order valence-corrected chi connectivity index (χ3v) is 8.02. The lowest BCUT2D eigenvalue weighted by atomic mass is 9.51. The molecule has 2 fully saturated rings. The van der Waals surface area contributed by atoms with Gasteiger partial charge >= 0.3 is 0 Å². The van der Waals surface area contributed by atoms with Crippen molar-refractivity contribution in [3.63, 3.8) is 0 Å². The smallest absolute Gasteiger partial charge is 0.124 e. The molecule has 2 aliphatic heterocycles. The molecule has 3 heteroatoms. The van der Waals surface area contributed by atoms with Crippen LogP contribution in [0, 0.1) is 5.92 Å². The van der Waals surface area contributed by atoms with E-state index >= 15 is 0 Å². The highest BCUT2D eigenvalue weighted by molar-refractivity contribution is 5.55. The molecule has 1 aromatic rings. The second kappa shape index (κ2) is 5.01. The van der Waals surface area contributed by atoms with E-state index in [0.29, 0.717) is 18.2 Å². The summed E-state index contributed by atoms with van der Waals surface area (Å²) in [6, 6.07) is 8.02. The van der Waals surface area contributed by atoms with E-state index in [1.54, 1.807) is 11.1 Å². The van der Waals surface area contributed by atoms with Gasteiger partial charge in [0.1, 0.15) is 11.9 Å². The first-order valence-corrected chi connectivity index (χ1v) is 10.1. The SMILES string of the molecule is CN1CC[C@]23c4c5cccc4O[C@H]2[C@H](N(C)C(C)(C)C)CCC3[C@H]1C5. The number of likely N-dealkylation sites (N-methyl/N-ethyl adjacent to an activating group) is 2. The first-order chi connectivity index (χ1) is 11.8. The third-order valence-electron chi connectivity index (χ3n) is 8.02. The minimum atomic E-state index is 0.175. The first-order valence-electron chi connectivity index (χ1n) is 10.1. The normalized spacial score (nSPS) is 39.3. The molecule has 0 N–H and O–H groups in total. The Labute approximate surface area is 152 Å². The molecule has 25 heavy (non-hydrogen) atoms. The lowest BCUT2D eigenvalue weighted by molar-refractivity contribution is -0.0920. The Balaban J connectivity index is 1.67. The van der Waals surface area contributed by atoms with Gasteiger partial charge in [0.15, 0.2) is 0 Å². The fourth-order valence-corrected chi connectivity index (χ4v) is 6.58. The molecular formula is C22H32N2O. The summed E-state index contributed by atoms with van der Waals surface area (Å²) in [4.78, 5) is 5.23. The molecule has 2 heterocycles. The molecule has 1 unspecified atom stereocenters. The summed E-state index contributed by atoms with van der Waals surface area (Å²) in [5.41, 5.74) is 3.59. The maximum atomic E-state index is 6.78. The Hall–Kier alpha value is -1.06. The van der Waals surface area contributed by atoms with E-state index in [2.05, 4.69) is 62.9 Å². The van der Waals surface area contributed by atoms with Crippen LogP contribution in [0.1, 0.15) is 51.2 Å². The van der Waals surface area contributed by atoms with Crippen LogP contribution in [0.3, 0.4) is 0 Å². The van der Waals surface area contributed by atoms with E-state index in [4.69, 9.17) is 4.74 Å². The average Bonchev–Trinajstić information content (AvgIpc) is 2.90. The summed E-state index contributed by atoms with van der Waals surface area (Å²) in [6.45, 7) is 8.22. The molecule has 5 atom stereocenters. The highest BCUT2D eigenvalue weighted by atomic mass is 16.5. The summed E-state index contributed by atoms with van der Waals surface area (Å²) in [5, 5.41) is 0. The molecule has 1 aromatic carbocycles. The van der Waals surface area contributed by atoms with Gasteiger partial charge < -0.3 is 9.64 Å². The highest BCUT2D eigenvalue weighted by Crippen LogP contribution is 2.62. The predicted molar refractivity (Wildman–Crippen MR) is 101 cm³/mol. The second-order valence-electron chi connectivity index (χ2n) is 9.90. The summed E-state index contributed by atoms with van der Waals surface area (Å²) >= 11 is 0. The molecule has 0 amide bonds. The molecule has 4 aliphatic rings. The average molecular weight is 341 g/mol. The lowest BCUT2D eigenvalue weighted by Crippen LogP contribution is -2.69. The van der Waals surface area contributed by atoms with Crippen LogP contribution in [-0.2, 0) is 11.8 Å². The van der Waals surface area contributed by atoms with E-state index in [9.17, 15) is 0 Å². The van der Waals surface area contributed by atoms with Crippen molar-refractivity contribution in [3.05, 3.63) is 29.3 Å². The van der Waals surface area contributed by atoms with Crippen molar-refractivity contribution in [1.82, 2.24) is 9.80 Å². The minimum Gasteiger partial charge on any atom is -0.488 e. The van der Waals surface area contributed by atoms with Gasteiger partial charge in [0, 0.05) is 28.6 Å². The second-order valence-corrected chi connectivity index (χ2v) is 9.90. The molecule has 1 saturated heterocycles. The predicted octanol–water partition coefficient (Wildman–Crippen LogP) is 3.45. The van der Waals surface area contributed by atoms with Gasteiger partial charge in [0.05, 0.1) is 0 Å². The van der Waals surface area contributed by atoms with Crippen molar-refractivity contribution in [2.24, 2.45) is 5.92 Å². The van der Waals surface area contributed by atoms with Crippen molar-refractivity contribution in [3.8, 4) is 5.75 Å². The Kier molecular flexibility index (Phi) is 3.24. The lowest BCUT2D eigenvalue weighted by Gasteiger charge is -2.60. The number of rotatable bonds is 1. The largest absolute Gasteiger partial charge is 0.488 e. The molecule has 0 radical (unpaired) electrons. The quantitative estimate of drug-likeness (QED) is 0.779. The zero-order valence-electron chi connectivity index (χ0n) is 16.4. The van der Waals surface area contributed by atoms with Crippen LogP contribution in [0.15, 0.2) is 18.2 Å². The zero-order chi connectivity index (χ0) is 17.6. The van der Waals surface area contributed by atoms with Crippen LogP contribution in [0.4, 0.5) is 0 Å². The molecule has 136 valence electrons. The maximum absolute atomic E-state index is 6.78. The van der Waals surface area contributed by atoms with E-state index in [-0.39, 0.29) is 11.0 Å². The number of benzene rings is 1. The van der Waals surface area contributed by atoms with Gasteiger partial charge in [-0.05, 0) is 84.6 Å². The van der Waals surface area contributed by atoms with Crippen LogP contribution < -0.4 is 4.74 Å². The molecule has 2 bridgehead atoms. The van der Waals surface area contributed by atoms with Gasteiger partial charge in [-0.25, -0.2) is 0 Å². The first kappa shape index (κ1) is 16.1. The molecule has 2 aliphatic carbocycles. The van der Waals surface area contributed by atoms with Gasteiger partial charge in [-0.2, -0.15) is 0 Å². The van der Waals surface area contributed by atoms with Crippen LogP contribution >= 0.6 is 0 Å². The Bertz CT molecular complexity index is 708. The van der Waals surface area contributed by atoms with Gasteiger partial charge in [0.2, 0.25) is 0 Å². The van der Waals surface area contributed by atoms with Crippen molar-refractivity contribution in [1.29, 1.82) is 0 Å². The molecule has 1 saturated carbocycles. The third kappa shape index (κ3) is 1.94. The van der Waals surface area contributed by atoms with Crippen LogP contribution in [0.2, 0.25) is 0 Å². The van der Waals surface area contributed by atoms with E-state index in [0.717, 1.165) is 5.92 Å². The monoisotopic (exact) mass is 340 g/mol. The number of likely N-dealkylation sites (tertiary alicyclic amines) is 1. The van der Waals surface area contributed by atoms with E-state index < -0.39 is 0 Å². The molecule has 1 spiro atoms. The molecule has 3 nitrogen and oxygen atoms in total. The highest BCUT2D eigenvalue weighted by Gasteiger charge is 2.65. The fourth-order valence-electron chi connectivity index (χ4n) is 6.58. The standard InChI is InChI=1S/C22H32N2O/c1-21(2,3)24(5)16-10-9-15-17-13-14-7-6-8-18-19(14)22(15,20(16)25-18)11-12-23(17)4/h6-8,15-17,20H,9-13H2,1-5H3/t15?,16-,17-,20+,22+/m1/s1. The number of nitrogens with zero attached hydrogens (tertiary/aromatic N) is 2. The Morgan fingerprint density at radius 2 is 2.04 bits per heavy atom. The van der Waals surface area contributed by atoms with Crippen LogP contribution in [0.25, 0.3) is 0 Å². The zero-order valence-corrected chi connectivity index (χ0v) is 16.4. The summed E-state index contributed by atoms with van der Waals surface area (Å²) in [7, 11) is 4.65.